The zero-order valence-corrected chi connectivity index (χ0v) is 50.0. The maximum Gasteiger partial charge on any atom is 0.282 e. The van der Waals surface area contributed by atoms with Crippen LogP contribution in [0.2, 0.25) is 0 Å². The van der Waals surface area contributed by atoms with Gasteiger partial charge in [-0.3, -0.25) is 28.3 Å². The molecule has 0 atom stereocenters. The van der Waals surface area contributed by atoms with Crippen LogP contribution in [0.3, 0.4) is 0 Å². The number of fused-ring (bicyclic) bond motifs is 4. The molecule has 0 aliphatic rings. The third kappa shape index (κ3) is 11.6. The Morgan fingerprint density at radius 3 is 1.31 bits per heavy atom. The molecular weight excluding hydrogens is 1240 g/mol. The molecule has 0 bridgehead atoms. The van der Waals surface area contributed by atoms with Crippen LogP contribution in [0, 0.1) is 33.4 Å². The van der Waals surface area contributed by atoms with Gasteiger partial charge in [-0.2, -0.15) is 0 Å². The van der Waals surface area contributed by atoms with Crippen LogP contribution in [0.4, 0.5) is 40.3 Å². The summed E-state index contributed by atoms with van der Waals surface area (Å²) in [4.78, 5) is 46.1. The number of amides is 2. The minimum absolute atomic E-state index is 0. The van der Waals surface area contributed by atoms with Crippen LogP contribution in [0.1, 0.15) is 20.7 Å². The van der Waals surface area contributed by atoms with Gasteiger partial charge in [0.15, 0.2) is 22.8 Å². The number of hydrogen-bond donors (Lipinski definition) is 3. The molecule has 0 saturated heterocycles. The van der Waals surface area contributed by atoms with Crippen molar-refractivity contribution in [3.05, 3.63) is 190 Å². The second kappa shape index (κ2) is 23.7. The van der Waals surface area contributed by atoms with E-state index >= 15 is 0 Å². The van der Waals surface area contributed by atoms with Gasteiger partial charge in [-0.1, -0.05) is 18.2 Å². The van der Waals surface area contributed by atoms with E-state index in [1.165, 1.54) is 143 Å². The summed E-state index contributed by atoms with van der Waals surface area (Å²) in [5, 5.41) is 17.9. The van der Waals surface area contributed by atoms with Crippen molar-refractivity contribution in [2.75, 3.05) is 55.0 Å². The summed E-state index contributed by atoms with van der Waals surface area (Å²) >= 11 is 0. The van der Waals surface area contributed by atoms with Crippen molar-refractivity contribution in [3.63, 3.8) is 0 Å². The number of carbonyl (C=O) groups is 2. The van der Waals surface area contributed by atoms with Crippen molar-refractivity contribution in [2.24, 2.45) is 0 Å². The van der Waals surface area contributed by atoms with Crippen molar-refractivity contribution < 1.29 is 83.6 Å². The Balaban J connectivity index is 0.000000194. The first-order chi connectivity index (χ1) is 41.8. The van der Waals surface area contributed by atoms with E-state index in [0.717, 1.165) is 21.1 Å². The van der Waals surface area contributed by atoms with Gasteiger partial charge in [0.25, 0.3) is 17.5 Å². The van der Waals surface area contributed by atoms with E-state index in [1.54, 1.807) is 30.3 Å². The number of halogens is 4. The molecule has 0 radical (unpaired) electrons. The molecule has 89 heavy (non-hydrogen) atoms. The number of furan rings is 2. The summed E-state index contributed by atoms with van der Waals surface area (Å²) in [6.07, 6.45) is 2.06. The number of oxazole rings is 2. The fraction of sp³-hybridized carbons (Fsp3) is 0.0968. The van der Waals surface area contributed by atoms with Gasteiger partial charge in [0, 0.05) is 102 Å². The predicted octanol–water partition coefficient (Wildman–Crippen LogP) is 12.7. The van der Waals surface area contributed by atoms with Gasteiger partial charge in [0.2, 0.25) is 31.8 Å². The number of nitrogens with zero attached hydrogens (tertiary/aromatic N) is 5. The maximum atomic E-state index is 14.4. The number of nitrogens with one attached hydrogen (secondary N) is 2. The number of para-hydroxylation sites is 2. The van der Waals surface area contributed by atoms with Crippen molar-refractivity contribution in [3.8, 4) is 67.8 Å². The number of rotatable bonds is 13. The second-order valence-electron chi connectivity index (χ2n) is 20.0. The van der Waals surface area contributed by atoms with E-state index in [9.17, 15) is 54.1 Å². The molecule has 8 aromatic carbocycles. The Hall–Kier alpha value is -10.3. The number of carbonyl (C=O) groups excluding carboxylic acids is 2. The molecule has 0 fully saturated rings. The number of benzene rings is 8. The number of hydrogen-bond acceptors (Lipinski definition) is 15. The molecule has 2 amide bonds. The van der Waals surface area contributed by atoms with Crippen LogP contribution >= 0.6 is 0 Å². The normalized spacial score (nSPS) is 11.6. The molecule has 454 valence electrons. The molecule has 4 aromatic heterocycles. The van der Waals surface area contributed by atoms with Crippen LogP contribution < -0.4 is 25.0 Å². The van der Waals surface area contributed by atoms with Crippen molar-refractivity contribution in [1.82, 2.24) is 20.6 Å². The van der Waals surface area contributed by atoms with Gasteiger partial charge < -0.3 is 34.0 Å². The smallest absolute Gasteiger partial charge is 0.282 e. The number of aromatic nitrogens is 2. The fourth-order valence-electron chi connectivity index (χ4n) is 9.92. The van der Waals surface area contributed by atoms with Crippen LogP contribution in [0.5, 0.6) is 0 Å². The zero-order valence-electron chi connectivity index (χ0n) is 47.3. The van der Waals surface area contributed by atoms with Crippen LogP contribution in [-0.2, 0) is 37.1 Å². The van der Waals surface area contributed by atoms with Crippen molar-refractivity contribution >= 4 is 98.7 Å². The molecule has 0 aliphatic heterocycles. The quantitative estimate of drug-likeness (QED) is 0.0318. The molecule has 4 N–H and O–H groups in total. The standard InChI is InChI=1S/C31H22F2N4O7S.C31H24F2N4O5S.Fe/c1-34-30(38)27-21-14-19(24(36(2)45(3,41)42)15-26(21)43-29(27)16-7-10-18(32)11-8-16)17-9-12-23(37(39)40)20(13-17)31-35-28-22(33)5-4-6-25(28)44-31;1-35-30(38)27-21-14-19(17-9-12-23(34)20(13-17)31-36-28-22(33)5-4-6-25(28)42-31)24(37(2)43(3,39)40)15-26(21)41-29(27)16-7-10-18(32)11-8-16;/h4-15H,1-3H3,(H,34,38);4-15H,34H2,1-3H3,(H,35,38);. The molecule has 4 heterocycles. The average molecular weight is 1290 g/mol. The summed E-state index contributed by atoms with van der Waals surface area (Å²) in [6, 6.07) is 34.2. The Labute approximate surface area is 513 Å². The van der Waals surface area contributed by atoms with Crippen LogP contribution in [0.25, 0.3) is 112 Å². The second-order valence-corrected chi connectivity index (χ2v) is 24.0. The molecule has 27 heteroatoms. The maximum absolute atomic E-state index is 14.4. The molecule has 12 aromatic rings. The largest absolute Gasteiger partial charge is 0.455 e. The van der Waals surface area contributed by atoms with E-state index in [4.69, 9.17) is 23.4 Å². The summed E-state index contributed by atoms with van der Waals surface area (Å²) in [5.41, 5.74) is 10.0. The molecule has 0 spiro atoms. The minimum Gasteiger partial charge on any atom is -0.455 e. The van der Waals surface area contributed by atoms with E-state index < -0.39 is 65.7 Å². The Morgan fingerprint density at radius 1 is 0.528 bits per heavy atom. The van der Waals surface area contributed by atoms with E-state index in [1.807, 2.05) is 0 Å². The van der Waals surface area contributed by atoms with Gasteiger partial charge in [-0.15, -0.1) is 0 Å². The van der Waals surface area contributed by atoms with Crippen LogP contribution in [0.15, 0.2) is 163 Å². The number of nitrogens with two attached hydrogens (primary N) is 1. The van der Waals surface area contributed by atoms with Crippen molar-refractivity contribution in [1.29, 1.82) is 0 Å². The minimum atomic E-state index is -3.85. The van der Waals surface area contributed by atoms with E-state index in [2.05, 4.69) is 20.6 Å². The Kier molecular flexibility index (Phi) is 16.5. The Morgan fingerprint density at radius 2 is 0.921 bits per heavy atom. The van der Waals surface area contributed by atoms with E-state index in [0.29, 0.717) is 38.9 Å². The molecule has 0 aliphatic carbocycles. The van der Waals surface area contributed by atoms with E-state index in [-0.39, 0.29) is 118 Å². The summed E-state index contributed by atoms with van der Waals surface area (Å²) in [6.45, 7) is 0. The Bertz CT molecular complexity index is 5090. The fourth-order valence-corrected chi connectivity index (χ4v) is 10.9. The monoisotopic (exact) mass is 1290 g/mol. The van der Waals surface area contributed by atoms with Crippen molar-refractivity contribution in [2.45, 2.75) is 0 Å². The number of nitro groups is 1. The van der Waals surface area contributed by atoms with Crippen LogP contribution in [-0.4, -0.2) is 84.2 Å². The van der Waals surface area contributed by atoms with Gasteiger partial charge in [0.05, 0.1) is 45.5 Å². The van der Waals surface area contributed by atoms with Gasteiger partial charge >= 0.3 is 0 Å². The number of sulfonamides is 2. The first-order valence-electron chi connectivity index (χ1n) is 26.2. The third-order valence-electron chi connectivity index (χ3n) is 14.5. The molecular formula is C62H46F4FeN8O12S2. The topological polar surface area (TPSA) is 280 Å². The average Bonchev–Trinajstić information content (AvgIpc) is 1.81. The zero-order chi connectivity index (χ0) is 62.8. The molecule has 0 saturated carbocycles. The van der Waals surface area contributed by atoms with Gasteiger partial charge in [0.1, 0.15) is 50.9 Å². The summed E-state index contributed by atoms with van der Waals surface area (Å²) in [5.74, 6) is -3.01. The third-order valence-corrected chi connectivity index (χ3v) is 16.9. The SMILES string of the molecule is CNC(=O)c1c(-c2ccc(F)cc2)oc2cc(N(C)S(C)(=O)=O)c(-c3ccc(N)c(-c4nc5c(F)cccc5o4)c3)cc12.CNC(=O)c1c(-c2ccc(F)cc2)oc2cc(N(C)S(C)(=O)=O)c(-c3ccc([N+](=O)[O-])c(-c4nc5c(F)cccc5o4)c3)cc12.[Fe]. The predicted molar refractivity (Wildman–Crippen MR) is 324 cm³/mol. The molecule has 12 rings (SSSR count). The van der Waals surface area contributed by atoms with Gasteiger partial charge in [-0.05, 0) is 120 Å². The summed E-state index contributed by atoms with van der Waals surface area (Å²) in [7, 11) is -2.00. The number of nitro benzene ring substituents is 1. The number of anilines is 3. The number of nitrogen functional groups attached to an aromatic ring is 1. The summed E-state index contributed by atoms with van der Waals surface area (Å²) < 4.78 is 133. The molecule has 20 nitrogen and oxygen atoms in total. The first-order valence-corrected chi connectivity index (χ1v) is 29.9. The van der Waals surface area contributed by atoms with Gasteiger partial charge in [-0.25, -0.2) is 44.4 Å². The molecule has 0 unspecified atom stereocenters. The first kappa shape index (κ1) is 61.7.